The molecule has 6 heteroatoms. The fourth-order valence-electron chi connectivity index (χ4n) is 1.62. The van der Waals surface area contributed by atoms with Gasteiger partial charge in [0.25, 0.3) is 0 Å². The van der Waals surface area contributed by atoms with E-state index in [1.807, 2.05) is 12.1 Å². The van der Waals surface area contributed by atoms with Crippen molar-refractivity contribution in [3.63, 3.8) is 0 Å². The lowest BCUT2D eigenvalue weighted by atomic mass is 10.1. The highest BCUT2D eigenvalue weighted by atomic mass is 79.9. The van der Waals surface area contributed by atoms with E-state index >= 15 is 0 Å². The van der Waals surface area contributed by atoms with Gasteiger partial charge < -0.3 is 15.3 Å². The van der Waals surface area contributed by atoms with Crippen LogP contribution in [-0.4, -0.2) is 36.6 Å². The number of nitrogens with two attached hydrogens (primary N) is 1. The Labute approximate surface area is 114 Å². The SMILES string of the molecule is NCCCOCC1CC(c2ccc(Br)cn2)=NO1. The van der Waals surface area contributed by atoms with Crippen molar-refractivity contribution in [2.45, 2.75) is 18.9 Å². The van der Waals surface area contributed by atoms with E-state index in [4.69, 9.17) is 15.3 Å². The van der Waals surface area contributed by atoms with E-state index in [-0.39, 0.29) is 6.10 Å². The molecule has 0 bridgehead atoms. The molecule has 1 aliphatic rings. The normalized spacial score (nSPS) is 18.6. The van der Waals surface area contributed by atoms with Gasteiger partial charge in [-0.2, -0.15) is 0 Å². The molecule has 0 fully saturated rings. The van der Waals surface area contributed by atoms with Gasteiger partial charge in [-0.15, -0.1) is 0 Å². The van der Waals surface area contributed by atoms with Crippen LogP contribution in [0.5, 0.6) is 0 Å². The van der Waals surface area contributed by atoms with Crippen LogP contribution < -0.4 is 5.73 Å². The minimum absolute atomic E-state index is 0.0109. The van der Waals surface area contributed by atoms with Gasteiger partial charge in [0.15, 0.2) is 6.10 Å². The summed E-state index contributed by atoms with van der Waals surface area (Å²) < 4.78 is 6.41. The third kappa shape index (κ3) is 3.76. The van der Waals surface area contributed by atoms with Crippen LogP contribution in [0.25, 0.3) is 0 Å². The molecule has 1 atom stereocenters. The molecule has 0 radical (unpaired) electrons. The number of hydrogen-bond donors (Lipinski definition) is 1. The summed E-state index contributed by atoms with van der Waals surface area (Å²) >= 11 is 3.35. The molecule has 0 aromatic carbocycles. The molecule has 0 aliphatic carbocycles. The van der Waals surface area contributed by atoms with Crippen LogP contribution in [0.3, 0.4) is 0 Å². The van der Waals surface area contributed by atoms with E-state index in [1.165, 1.54) is 0 Å². The van der Waals surface area contributed by atoms with Crippen molar-refractivity contribution in [2.24, 2.45) is 10.9 Å². The van der Waals surface area contributed by atoms with Crippen LogP contribution in [0.15, 0.2) is 28.0 Å². The highest BCUT2D eigenvalue weighted by Gasteiger charge is 2.22. The average Bonchev–Trinajstić information content (AvgIpc) is 2.84. The Kier molecular flexibility index (Phi) is 5.10. The van der Waals surface area contributed by atoms with Gasteiger partial charge in [-0.1, -0.05) is 5.16 Å². The van der Waals surface area contributed by atoms with E-state index in [0.29, 0.717) is 19.8 Å². The number of halogens is 1. The fourth-order valence-corrected chi connectivity index (χ4v) is 1.85. The molecule has 1 aliphatic heterocycles. The molecule has 0 saturated carbocycles. The van der Waals surface area contributed by atoms with Crippen LogP contribution >= 0.6 is 15.9 Å². The van der Waals surface area contributed by atoms with Gasteiger partial charge in [0.1, 0.15) is 5.71 Å². The monoisotopic (exact) mass is 313 g/mol. The Bertz CT molecular complexity index is 408. The lowest BCUT2D eigenvalue weighted by molar-refractivity contribution is 0.00274. The molecule has 0 saturated heterocycles. The molecule has 98 valence electrons. The third-order valence-electron chi connectivity index (χ3n) is 2.55. The van der Waals surface area contributed by atoms with Crippen molar-refractivity contribution < 1.29 is 9.57 Å². The summed E-state index contributed by atoms with van der Waals surface area (Å²) in [5, 5.41) is 4.05. The Morgan fingerprint density at radius 1 is 1.50 bits per heavy atom. The summed E-state index contributed by atoms with van der Waals surface area (Å²) in [6.45, 7) is 1.86. The Balaban J connectivity index is 1.79. The number of pyridine rings is 1. The van der Waals surface area contributed by atoms with Crippen molar-refractivity contribution in [1.82, 2.24) is 4.98 Å². The van der Waals surface area contributed by atoms with Gasteiger partial charge in [-0.05, 0) is 41.0 Å². The first-order valence-corrected chi connectivity index (χ1v) is 6.71. The zero-order chi connectivity index (χ0) is 12.8. The molecule has 2 N–H and O–H groups in total. The summed E-state index contributed by atoms with van der Waals surface area (Å²) in [7, 11) is 0. The first-order valence-electron chi connectivity index (χ1n) is 5.92. The second-order valence-corrected chi connectivity index (χ2v) is 4.96. The van der Waals surface area contributed by atoms with Gasteiger partial charge in [-0.25, -0.2) is 0 Å². The number of oxime groups is 1. The molecule has 2 heterocycles. The first kappa shape index (κ1) is 13.5. The molecule has 18 heavy (non-hydrogen) atoms. The van der Waals surface area contributed by atoms with Crippen LogP contribution in [0.2, 0.25) is 0 Å². The van der Waals surface area contributed by atoms with Crippen LogP contribution in [-0.2, 0) is 9.57 Å². The summed E-state index contributed by atoms with van der Waals surface area (Å²) in [6.07, 6.45) is 3.35. The molecule has 0 amide bonds. The summed E-state index contributed by atoms with van der Waals surface area (Å²) in [5.74, 6) is 0. The zero-order valence-corrected chi connectivity index (χ0v) is 11.6. The van der Waals surface area contributed by atoms with E-state index in [0.717, 1.165) is 28.7 Å². The predicted octanol–water partition coefficient (Wildman–Crippen LogP) is 1.70. The molecule has 1 unspecified atom stereocenters. The number of ether oxygens (including phenoxy) is 1. The molecule has 0 spiro atoms. The Morgan fingerprint density at radius 2 is 2.39 bits per heavy atom. The van der Waals surface area contributed by atoms with Gasteiger partial charge in [0, 0.05) is 23.7 Å². The van der Waals surface area contributed by atoms with Crippen molar-refractivity contribution in [3.05, 3.63) is 28.5 Å². The van der Waals surface area contributed by atoms with Gasteiger partial charge >= 0.3 is 0 Å². The quantitative estimate of drug-likeness (QED) is 0.812. The Morgan fingerprint density at radius 3 is 3.11 bits per heavy atom. The molecule has 2 rings (SSSR count). The molecule has 1 aromatic heterocycles. The third-order valence-corrected chi connectivity index (χ3v) is 3.02. The largest absolute Gasteiger partial charge is 0.389 e. The van der Waals surface area contributed by atoms with Crippen molar-refractivity contribution >= 4 is 21.6 Å². The Hall–Kier alpha value is -0.980. The van der Waals surface area contributed by atoms with Crippen molar-refractivity contribution in [3.8, 4) is 0 Å². The van der Waals surface area contributed by atoms with Crippen molar-refractivity contribution in [2.75, 3.05) is 19.8 Å². The maximum Gasteiger partial charge on any atom is 0.156 e. The summed E-state index contributed by atoms with van der Waals surface area (Å²) in [4.78, 5) is 9.60. The highest BCUT2D eigenvalue weighted by Crippen LogP contribution is 2.17. The zero-order valence-electron chi connectivity index (χ0n) is 10.0. The van der Waals surface area contributed by atoms with Crippen molar-refractivity contribution in [1.29, 1.82) is 0 Å². The number of aromatic nitrogens is 1. The fraction of sp³-hybridized carbons (Fsp3) is 0.500. The lowest BCUT2D eigenvalue weighted by Gasteiger charge is -2.08. The topological polar surface area (TPSA) is 69.7 Å². The molecular weight excluding hydrogens is 298 g/mol. The highest BCUT2D eigenvalue weighted by molar-refractivity contribution is 9.10. The van der Waals surface area contributed by atoms with E-state index < -0.39 is 0 Å². The maximum absolute atomic E-state index is 5.46. The standard InChI is InChI=1S/C12H16BrN3O2/c13-9-2-3-11(15-7-9)12-6-10(18-16-12)8-17-5-1-4-14/h2-3,7,10H,1,4-6,8,14H2. The van der Waals surface area contributed by atoms with E-state index in [9.17, 15) is 0 Å². The molecule has 5 nitrogen and oxygen atoms in total. The second kappa shape index (κ2) is 6.82. The van der Waals surface area contributed by atoms with Crippen LogP contribution in [0, 0.1) is 0 Å². The second-order valence-electron chi connectivity index (χ2n) is 4.05. The smallest absolute Gasteiger partial charge is 0.156 e. The van der Waals surface area contributed by atoms with Gasteiger partial charge in [0.2, 0.25) is 0 Å². The number of hydrogen-bond acceptors (Lipinski definition) is 5. The predicted molar refractivity (Wildman–Crippen MR) is 72.5 cm³/mol. The summed E-state index contributed by atoms with van der Waals surface area (Å²) in [6, 6.07) is 3.86. The molecular formula is C12H16BrN3O2. The van der Waals surface area contributed by atoms with Gasteiger partial charge in [-0.3, -0.25) is 4.98 Å². The first-order chi connectivity index (χ1) is 8.79. The van der Waals surface area contributed by atoms with Crippen LogP contribution in [0.1, 0.15) is 18.5 Å². The summed E-state index contributed by atoms with van der Waals surface area (Å²) in [5.41, 5.74) is 7.11. The average molecular weight is 314 g/mol. The molecule has 1 aromatic rings. The van der Waals surface area contributed by atoms with Gasteiger partial charge in [0.05, 0.1) is 12.3 Å². The van der Waals surface area contributed by atoms with E-state index in [1.54, 1.807) is 6.20 Å². The number of nitrogens with zero attached hydrogens (tertiary/aromatic N) is 2. The maximum atomic E-state index is 5.46. The number of rotatable bonds is 6. The minimum atomic E-state index is -0.0109. The van der Waals surface area contributed by atoms with E-state index in [2.05, 4.69) is 26.1 Å². The minimum Gasteiger partial charge on any atom is -0.389 e. The van der Waals surface area contributed by atoms with Crippen LogP contribution in [0.4, 0.5) is 0 Å². The lowest BCUT2D eigenvalue weighted by Crippen LogP contribution is -2.17.